The number of hydrogen-bond acceptors (Lipinski definition) is 5. The molecular formula is C10H15BrN2O4S. The fourth-order valence-electron chi connectivity index (χ4n) is 1.26. The first-order chi connectivity index (χ1) is 8.24. The average Bonchev–Trinajstić information content (AvgIpc) is 2.27. The first kappa shape index (κ1) is 15.4. The lowest BCUT2D eigenvalue weighted by Crippen LogP contribution is -2.51. The van der Waals surface area contributed by atoms with Gasteiger partial charge in [-0.05, 0) is 25.1 Å². The van der Waals surface area contributed by atoms with Crippen molar-refractivity contribution in [2.24, 2.45) is 0 Å². The number of hydrogen-bond donors (Lipinski definition) is 4. The van der Waals surface area contributed by atoms with Gasteiger partial charge in [-0.2, -0.15) is 0 Å². The first-order valence-electron chi connectivity index (χ1n) is 5.05. The fraction of sp³-hybridized carbons (Fsp3) is 0.400. The Hall–Kier alpha value is -0.670. The van der Waals surface area contributed by atoms with E-state index in [0.717, 1.165) is 0 Å². The molecule has 0 bridgehead atoms. The second kappa shape index (κ2) is 5.54. The van der Waals surface area contributed by atoms with Crippen molar-refractivity contribution in [2.45, 2.75) is 17.4 Å². The molecular weight excluding hydrogens is 324 g/mol. The van der Waals surface area contributed by atoms with Crippen LogP contribution < -0.4 is 10.5 Å². The normalized spacial score (nSPS) is 12.7. The number of anilines is 1. The highest BCUT2D eigenvalue weighted by molar-refractivity contribution is 9.10. The lowest BCUT2D eigenvalue weighted by molar-refractivity contribution is 0.122. The van der Waals surface area contributed by atoms with Crippen LogP contribution in [0.3, 0.4) is 0 Å². The third kappa shape index (κ3) is 3.42. The van der Waals surface area contributed by atoms with E-state index in [2.05, 4.69) is 20.7 Å². The summed E-state index contributed by atoms with van der Waals surface area (Å²) in [6, 6.07) is 4.35. The number of rotatable bonds is 5. The van der Waals surface area contributed by atoms with Crippen LogP contribution in [-0.4, -0.2) is 37.4 Å². The van der Waals surface area contributed by atoms with Gasteiger partial charge in [-0.25, -0.2) is 13.1 Å². The minimum Gasteiger partial charge on any atom is -0.398 e. The minimum atomic E-state index is -3.91. The van der Waals surface area contributed by atoms with Crippen molar-refractivity contribution in [1.82, 2.24) is 4.72 Å². The zero-order chi connectivity index (χ0) is 14.0. The van der Waals surface area contributed by atoms with Crippen LogP contribution in [0.25, 0.3) is 0 Å². The van der Waals surface area contributed by atoms with Crippen molar-refractivity contribution in [1.29, 1.82) is 0 Å². The molecule has 5 N–H and O–H groups in total. The summed E-state index contributed by atoms with van der Waals surface area (Å²) in [4.78, 5) is -0.0983. The van der Waals surface area contributed by atoms with Crippen molar-refractivity contribution >= 4 is 31.6 Å². The largest absolute Gasteiger partial charge is 0.398 e. The summed E-state index contributed by atoms with van der Waals surface area (Å²) in [6.45, 7) is 0.331. The predicted octanol–water partition coefficient (Wildman–Crippen LogP) is 0.0529. The average molecular weight is 339 g/mol. The quantitative estimate of drug-likeness (QED) is 0.567. The van der Waals surface area contributed by atoms with Crippen LogP contribution in [0.15, 0.2) is 27.6 Å². The Morgan fingerprint density at radius 3 is 2.39 bits per heavy atom. The lowest BCUT2D eigenvalue weighted by atomic mass is 10.1. The van der Waals surface area contributed by atoms with E-state index in [4.69, 9.17) is 15.9 Å². The van der Waals surface area contributed by atoms with Gasteiger partial charge in [-0.3, -0.25) is 0 Å². The van der Waals surface area contributed by atoms with Crippen LogP contribution in [0.1, 0.15) is 6.92 Å². The van der Waals surface area contributed by atoms with Crippen molar-refractivity contribution < 1.29 is 18.6 Å². The van der Waals surface area contributed by atoms with Gasteiger partial charge in [0.25, 0.3) is 0 Å². The molecule has 0 spiro atoms. The molecule has 0 aliphatic heterocycles. The summed E-state index contributed by atoms with van der Waals surface area (Å²) in [5.41, 5.74) is 4.38. The highest BCUT2D eigenvalue weighted by Crippen LogP contribution is 2.23. The van der Waals surface area contributed by atoms with Crippen molar-refractivity contribution in [3.63, 3.8) is 0 Å². The Labute approximate surface area is 114 Å². The smallest absolute Gasteiger partial charge is 0.243 e. The van der Waals surface area contributed by atoms with E-state index in [9.17, 15) is 8.42 Å². The third-order valence-corrected chi connectivity index (χ3v) is 4.55. The highest BCUT2D eigenvalue weighted by Gasteiger charge is 2.30. The maximum absolute atomic E-state index is 12.1. The molecule has 0 aromatic heterocycles. The van der Waals surface area contributed by atoms with E-state index in [1.165, 1.54) is 19.1 Å². The summed E-state index contributed by atoms with van der Waals surface area (Å²) in [5, 5.41) is 18.2. The molecule has 0 amide bonds. The molecule has 0 aliphatic carbocycles. The van der Waals surface area contributed by atoms with Gasteiger partial charge in [-0.1, -0.05) is 15.9 Å². The van der Waals surface area contributed by atoms with Crippen LogP contribution in [0, 0.1) is 0 Å². The Bertz CT molecular complexity index is 529. The topological polar surface area (TPSA) is 113 Å². The highest BCUT2D eigenvalue weighted by atomic mass is 79.9. The number of nitrogens with one attached hydrogen (secondary N) is 1. The van der Waals surface area contributed by atoms with Gasteiger partial charge in [0.15, 0.2) is 0 Å². The molecule has 18 heavy (non-hydrogen) atoms. The van der Waals surface area contributed by atoms with Crippen molar-refractivity contribution in [2.75, 3.05) is 18.9 Å². The molecule has 1 aromatic carbocycles. The van der Waals surface area contributed by atoms with Crippen LogP contribution in [0.2, 0.25) is 0 Å². The molecule has 0 saturated carbocycles. The van der Waals surface area contributed by atoms with E-state index >= 15 is 0 Å². The van der Waals surface area contributed by atoms with E-state index < -0.39 is 28.8 Å². The second-order valence-corrected chi connectivity index (χ2v) is 6.73. The van der Waals surface area contributed by atoms with Gasteiger partial charge >= 0.3 is 0 Å². The number of halogens is 1. The summed E-state index contributed by atoms with van der Waals surface area (Å²) in [7, 11) is -3.91. The Kier molecular flexibility index (Phi) is 4.73. The monoisotopic (exact) mass is 338 g/mol. The molecule has 0 aliphatic rings. The van der Waals surface area contributed by atoms with Crippen LogP contribution in [0.4, 0.5) is 5.69 Å². The second-order valence-electron chi connectivity index (χ2n) is 4.16. The van der Waals surface area contributed by atoms with Gasteiger partial charge in [0.2, 0.25) is 10.0 Å². The van der Waals surface area contributed by atoms with Crippen molar-refractivity contribution in [3.05, 3.63) is 22.7 Å². The number of sulfonamides is 1. The van der Waals surface area contributed by atoms with Gasteiger partial charge < -0.3 is 15.9 Å². The van der Waals surface area contributed by atoms with Gasteiger partial charge in [-0.15, -0.1) is 0 Å². The van der Waals surface area contributed by atoms with E-state index in [1.807, 2.05) is 0 Å². The fourth-order valence-corrected chi connectivity index (χ4v) is 3.14. The number of nitrogen functional groups attached to an aromatic ring is 1. The molecule has 0 radical (unpaired) electrons. The molecule has 8 heteroatoms. The molecule has 1 rings (SSSR count). The molecule has 102 valence electrons. The lowest BCUT2D eigenvalue weighted by Gasteiger charge is -2.26. The molecule has 0 atom stereocenters. The summed E-state index contributed by atoms with van der Waals surface area (Å²) in [5.74, 6) is 0. The Morgan fingerprint density at radius 2 is 1.94 bits per heavy atom. The molecule has 6 nitrogen and oxygen atoms in total. The van der Waals surface area contributed by atoms with Crippen molar-refractivity contribution in [3.8, 4) is 0 Å². The Balaban J connectivity index is 3.15. The summed E-state index contributed by atoms with van der Waals surface area (Å²) in [6.07, 6.45) is 0. The maximum Gasteiger partial charge on any atom is 0.243 e. The van der Waals surface area contributed by atoms with Gasteiger partial charge in [0.05, 0.1) is 24.4 Å². The summed E-state index contributed by atoms with van der Waals surface area (Å²) < 4.78 is 27.0. The molecule has 0 unspecified atom stereocenters. The predicted molar refractivity (Wildman–Crippen MR) is 71.5 cm³/mol. The number of aliphatic hydroxyl groups excluding tert-OH is 2. The molecule has 0 heterocycles. The van der Waals surface area contributed by atoms with Gasteiger partial charge in [0, 0.05) is 4.47 Å². The number of nitrogens with two attached hydrogens (primary N) is 1. The molecule has 0 saturated heterocycles. The SMILES string of the molecule is CC(CO)(CO)NS(=O)(=O)c1ccc(Br)cc1N. The van der Waals surface area contributed by atoms with E-state index in [0.29, 0.717) is 4.47 Å². The minimum absolute atomic E-state index is 0.0788. The number of aliphatic hydroxyl groups is 2. The van der Waals surface area contributed by atoms with Gasteiger partial charge in [0.1, 0.15) is 4.90 Å². The number of benzene rings is 1. The van der Waals surface area contributed by atoms with E-state index in [-0.39, 0.29) is 10.6 Å². The van der Waals surface area contributed by atoms with Crippen LogP contribution >= 0.6 is 15.9 Å². The van der Waals surface area contributed by atoms with E-state index in [1.54, 1.807) is 6.07 Å². The molecule has 1 aromatic rings. The summed E-state index contributed by atoms with van der Waals surface area (Å²) >= 11 is 3.18. The first-order valence-corrected chi connectivity index (χ1v) is 7.32. The molecule has 0 fully saturated rings. The standard InChI is InChI=1S/C10H15BrN2O4S/c1-10(5-14,6-15)13-18(16,17)9-3-2-7(11)4-8(9)12/h2-4,13-15H,5-6,12H2,1H3. The van der Waals surface area contributed by atoms with Crippen LogP contribution in [-0.2, 0) is 10.0 Å². The van der Waals surface area contributed by atoms with Crippen LogP contribution in [0.5, 0.6) is 0 Å². The third-order valence-electron chi connectivity index (χ3n) is 2.34. The maximum atomic E-state index is 12.1. The Morgan fingerprint density at radius 1 is 1.39 bits per heavy atom. The zero-order valence-electron chi connectivity index (χ0n) is 9.72. The zero-order valence-corrected chi connectivity index (χ0v) is 12.1.